The maximum absolute atomic E-state index is 12.1. The van der Waals surface area contributed by atoms with Crippen LogP contribution in [-0.2, 0) is 4.79 Å². The van der Waals surface area contributed by atoms with Crippen molar-refractivity contribution >= 4 is 22.4 Å². The number of nitrogens with one attached hydrogen (secondary N) is 2. The van der Waals surface area contributed by atoms with E-state index in [9.17, 15) is 9.90 Å². The summed E-state index contributed by atoms with van der Waals surface area (Å²) in [7, 11) is 0. The molecule has 0 aliphatic heterocycles. The fraction of sp³-hybridized carbons (Fsp3) is 0.312. The third-order valence-corrected chi connectivity index (χ3v) is 3.31. The van der Waals surface area contributed by atoms with E-state index in [0.717, 1.165) is 23.0 Å². The number of hydrogen-bond donors (Lipinski definition) is 3. The van der Waals surface area contributed by atoms with Gasteiger partial charge in [0.2, 0.25) is 5.91 Å². The maximum Gasteiger partial charge on any atom is 0.228 e. The molecule has 20 heavy (non-hydrogen) atoms. The molecule has 2 rings (SSSR count). The highest BCUT2D eigenvalue weighted by Crippen LogP contribution is 2.29. The first-order valence-electron chi connectivity index (χ1n) is 6.85. The van der Waals surface area contributed by atoms with Crippen LogP contribution in [0.4, 0.5) is 5.69 Å². The Labute approximate surface area is 118 Å². The van der Waals surface area contributed by atoms with Gasteiger partial charge < -0.3 is 15.7 Å². The van der Waals surface area contributed by atoms with Gasteiger partial charge >= 0.3 is 0 Å². The molecular formula is C16H20N2O2. The first-order valence-corrected chi connectivity index (χ1v) is 6.85. The van der Waals surface area contributed by atoms with E-state index in [4.69, 9.17) is 0 Å². The van der Waals surface area contributed by atoms with Crippen LogP contribution in [0.2, 0.25) is 0 Å². The number of rotatable bonds is 5. The first-order chi connectivity index (χ1) is 9.63. The van der Waals surface area contributed by atoms with Crippen molar-refractivity contribution in [3.8, 4) is 5.75 Å². The predicted molar refractivity (Wildman–Crippen MR) is 82.0 cm³/mol. The van der Waals surface area contributed by atoms with E-state index >= 15 is 0 Å². The molecule has 0 aliphatic carbocycles. The summed E-state index contributed by atoms with van der Waals surface area (Å²) in [4.78, 5) is 12.1. The van der Waals surface area contributed by atoms with Crippen molar-refractivity contribution in [2.45, 2.75) is 13.8 Å². The molecule has 0 saturated heterocycles. The number of carbonyl (C=O) groups excluding carboxylic acids is 1. The van der Waals surface area contributed by atoms with Gasteiger partial charge in [0, 0.05) is 28.9 Å². The van der Waals surface area contributed by atoms with E-state index in [2.05, 4.69) is 10.6 Å². The predicted octanol–water partition coefficient (Wildman–Crippen LogP) is 2.73. The molecule has 1 amide bonds. The molecule has 0 saturated carbocycles. The van der Waals surface area contributed by atoms with Gasteiger partial charge in [0.25, 0.3) is 0 Å². The third-order valence-electron chi connectivity index (χ3n) is 3.31. The zero-order chi connectivity index (χ0) is 14.5. The zero-order valence-electron chi connectivity index (χ0n) is 11.8. The molecule has 0 aromatic heterocycles. The summed E-state index contributed by atoms with van der Waals surface area (Å²) in [5, 5.41) is 17.5. The summed E-state index contributed by atoms with van der Waals surface area (Å²) in [6.07, 6.45) is 0. The summed E-state index contributed by atoms with van der Waals surface area (Å²) in [6, 6.07) is 10.8. The molecule has 1 atom stereocenters. The highest BCUT2D eigenvalue weighted by Gasteiger charge is 2.13. The highest BCUT2D eigenvalue weighted by molar-refractivity contribution is 6.04. The van der Waals surface area contributed by atoms with Crippen LogP contribution in [0.5, 0.6) is 5.75 Å². The van der Waals surface area contributed by atoms with E-state index in [0.29, 0.717) is 6.54 Å². The second-order valence-corrected chi connectivity index (χ2v) is 4.88. The van der Waals surface area contributed by atoms with Gasteiger partial charge in [0.1, 0.15) is 5.75 Å². The molecule has 2 aromatic rings. The number of phenolic OH excluding ortho intramolecular Hbond substituents is 1. The molecule has 0 bridgehead atoms. The fourth-order valence-corrected chi connectivity index (χ4v) is 2.11. The molecule has 2 aromatic carbocycles. The van der Waals surface area contributed by atoms with Crippen LogP contribution in [0.3, 0.4) is 0 Å². The van der Waals surface area contributed by atoms with Crippen molar-refractivity contribution in [1.29, 1.82) is 0 Å². The summed E-state index contributed by atoms with van der Waals surface area (Å²) >= 11 is 0. The Morgan fingerprint density at radius 1 is 1.20 bits per heavy atom. The minimum absolute atomic E-state index is 0.0261. The number of hydrogen-bond acceptors (Lipinski definition) is 3. The fourth-order valence-electron chi connectivity index (χ4n) is 2.11. The van der Waals surface area contributed by atoms with Gasteiger partial charge in [0.05, 0.1) is 0 Å². The Balaban J connectivity index is 2.22. The quantitative estimate of drug-likeness (QED) is 0.784. The van der Waals surface area contributed by atoms with Gasteiger partial charge in [-0.15, -0.1) is 0 Å². The Kier molecular flexibility index (Phi) is 4.58. The second-order valence-electron chi connectivity index (χ2n) is 4.88. The van der Waals surface area contributed by atoms with Gasteiger partial charge in [-0.05, 0) is 18.7 Å². The lowest BCUT2D eigenvalue weighted by Gasteiger charge is -2.14. The number of phenols is 1. The molecule has 4 heteroatoms. The third kappa shape index (κ3) is 3.08. The van der Waals surface area contributed by atoms with Crippen molar-refractivity contribution < 1.29 is 9.90 Å². The topological polar surface area (TPSA) is 61.4 Å². The molecule has 0 heterocycles. The molecule has 0 fully saturated rings. The Morgan fingerprint density at radius 3 is 2.65 bits per heavy atom. The Bertz CT molecular complexity index is 610. The van der Waals surface area contributed by atoms with E-state index in [1.54, 1.807) is 12.1 Å². The van der Waals surface area contributed by atoms with Crippen molar-refractivity contribution in [2.24, 2.45) is 5.92 Å². The van der Waals surface area contributed by atoms with E-state index in [1.807, 2.05) is 38.1 Å². The maximum atomic E-state index is 12.1. The van der Waals surface area contributed by atoms with E-state index < -0.39 is 0 Å². The molecular weight excluding hydrogens is 252 g/mol. The monoisotopic (exact) mass is 272 g/mol. The van der Waals surface area contributed by atoms with Crippen molar-refractivity contribution in [3.05, 3.63) is 36.4 Å². The molecule has 3 N–H and O–H groups in total. The Hall–Kier alpha value is -2.07. The van der Waals surface area contributed by atoms with Crippen LogP contribution in [0, 0.1) is 5.92 Å². The van der Waals surface area contributed by atoms with Gasteiger partial charge in [-0.3, -0.25) is 4.79 Å². The van der Waals surface area contributed by atoms with Crippen LogP contribution >= 0.6 is 0 Å². The van der Waals surface area contributed by atoms with Gasteiger partial charge in [-0.1, -0.05) is 38.1 Å². The average Bonchev–Trinajstić information content (AvgIpc) is 2.45. The first kappa shape index (κ1) is 14.3. The van der Waals surface area contributed by atoms with E-state index in [-0.39, 0.29) is 17.6 Å². The van der Waals surface area contributed by atoms with Crippen LogP contribution < -0.4 is 10.6 Å². The van der Waals surface area contributed by atoms with Crippen LogP contribution in [0.15, 0.2) is 36.4 Å². The van der Waals surface area contributed by atoms with Gasteiger partial charge in [-0.2, -0.15) is 0 Å². The summed E-state index contributed by atoms with van der Waals surface area (Å²) in [5.74, 6) is 0.0867. The molecule has 0 radical (unpaired) electrons. The number of fused-ring (bicyclic) bond motifs is 1. The summed E-state index contributed by atoms with van der Waals surface area (Å²) in [5.41, 5.74) is 0.728. The number of amides is 1. The smallest absolute Gasteiger partial charge is 0.228 e. The number of aromatic hydroxyl groups is 1. The number of carbonyl (C=O) groups is 1. The summed E-state index contributed by atoms with van der Waals surface area (Å²) in [6.45, 7) is 5.40. The molecule has 1 unspecified atom stereocenters. The minimum atomic E-state index is -0.109. The lowest BCUT2D eigenvalue weighted by atomic mass is 10.1. The second kappa shape index (κ2) is 6.39. The lowest BCUT2D eigenvalue weighted by Crippen LogP contribution is -2.30. The van der Waals surface area contributed by atoms with Crippen LogP contribution in [0.25, 0.3) is 10.8 Å². The van der Waals surface area contributed by atoms with Crippen LogP contribution in [-0.4, -0.2) is 24.1 Å². The van der Waals surface area contributed by atoms with Crippen molar-refractivity contribution in [2.75, 3.05) is 18.4 Å². The van der Waals surface area contributed by atoms with Crippen molar-refractivity contribution in [1.82, 2.24) is 5.32 Å². The number of anilines is 1. The molecule has 4 nitrogen and oxygen atoms in total. The molecule has 106 valence electrons. The van der Waals surface area contributed by atoms with E-state index in [1.165, 1.54) is 0 Å². The van der Waals surface area contributed by atoms with Crippen LogP contribution in [0.1, 0.15) is 13.8 Å². The largest absolute Gasteiger partial charge is 0.507 e. The SMILES string of the molecule is CCNCC(C)C(=O)Nc1cccc2c(O)cccc12. The van der Waals surface area contributed by atoms with Gasteiger partial charge in [-0.25, -0.2) is 0 Å². The zero-order valence-corrected chi connectivity index (χ0v) is 11.8. The average molecular weight is 272 g/mol. The highest BCUT2D eigenvalue weighted by atomic mass is 16.3. The standard InChI is InChI=1S/C16H20N2O2/c1-3-17-10-11(2)16(20)18-14-8-4-7-13-12(14)6-5-9-15(13)19/h4-9,11,17,19H,3,10H2,1-2H3,(H,18,20). The molecule has 0 spiro atoms. The van der Waals surface area contributed by atoms with Crippen molar-refractivity contribution in [3.63, 3.8) is 0 Å². The van der Waals surface area contributed by atoms with Gasteiger partial charge in [0.15, 0.2) is 0 Å². The number of benzene rings is 2. The summed E-state index contributed by atoms with van der Waals surface area (Å²) < 4.78 is 0. The normalized spacial score (nSPS) is 12.3. The lowest BCUT2D eigenvalue weighted by molar-refractivity contribution is -0.119. The molecule has 0 aliphatic rings. The Morgan fingerprint density at radius 2 is 1.90 bits per heavy atom. The minimum Gasteiger partial charge on any atom is -0.507 e.